The van der Waals surface area contributed by atoms with Crippen molar-refractivity contribution in [3.05, 3.63) is 33.8 Å². The van der Waals surface area contributed by atoms with Crippen molar-refractivity contribution in [1.29, 1.82) is 0 Å². The Labute approximate surface area is 98.6 Å². The van der Waals surface area contributed by atoms with Crippen LogP contribution in [-0.2, 0) is 11.3 Å². The van der Waals surface area contributed by atoms with Gasteiger partial charge in [-0.15, -0.1) is 0 Å². The smallest absolute Gasteiger partial charge is 0.223 e. The molecule has 1 amide bonds. The number of rotatable bonds is 3. The molecule has 1 aromatic rings. The lowest BCUT2D eigenvalue weighted by atomic mass is 10.2. The molecule has 1 aliphatic rings. The predicted octanol–water partition coefficient (Wildman–Crippen LogP) is 3.02. The molecule has 80 valence electrons. The van der Waals surface area contributed by atoms with Crippen LogP contribution in [0.1, 0.15) is 18.4 Å². The van der Waals surface area contributed by atoms with E-state index in [9.17, 15) is 4.79 Å². The number of hydrogen-bond donors (Lipinski definition) is 1. The topological polar surface area (TPSA) is 29.1 Å². The van der Waals surface area contributed by atoms with E-state index >= 15 is 0 Å². The van der Waals surface area contributed by atoms with E-state index in [2.05, 4.69) is 5.32 Å². The van der Waals surface area contributed by atoms with Gasteiger partial charge in [0.25, 0.3) is 0 Å². The summed E-state index contributed by atoms with van der Waals surface area (Å²) in [7, 11) is 0. The van der Waals surface area contributed by atoms with Gasteiger partial charge in [0, 0.05) is 22.5 Å². The molecule has 0 radical (unpaired) electrons. The summed E-state index contributed by atoms with van der Waals surface area (Å²) in [5, 5.41) is 4.05. The van der Waals surface area contributed by atoms with Crippen LogP contribution in [0.5, 0.6) is 0 Å². The van der Waals surface area contributed by atoms with Gasteiger partial charge in [0.15, 0.2) is 0 Å². The summed E-state index contributed by atoms with van der Waals surface area (Å²) in [6, 6.07) is 5.29. The second kappa shape index (κ2) is 4.42. The Morgan fingerprint density at radius 1 is 1.27 bits per heavy atom. The van der Waals surface area contributed by atoms with Crippen LogP contribution in [0, 0.1) is 5.92 Å². The molecule has 0 atom stereocenters. The second-order valence-corrected chi connectivity index (χ2v) is 4.64. The molecule has 0 unspecified atom stereocenters. The molecule has 0 saturated heterocycles. The first-order valence-electron chi connectivity index (χ1n) is 4.88. The van der Waals surface area contributed by atoms with Crippen molar-refractivity contribution in [1.82, 2.24) is 5.32 Å². The van der Waals surface area contributed by atoms with Crippen LogP contribution in [0.15, 0.2) is 18.2 Å². The Bertz CT molecular complexity index is 368. The largest absolute Gasteiger partial charge is 0.352 e. The number of halogens is 2. The number of hydrogen-bond acceptors (Lipinski definition) is 1. The fourth-order valence-electron chi connectivity index (χ4n) is 1.39. The molecule has 1 N–H and O–H groups in total. The van der Waals surface area contributed by atoms with E-state index in [1.54, 1.807) is 18.2 Å². The summed E-state index contributed by atoms with van der Waals surface area (Å²) in [4.78, 5) is 11.4. The lowest BCUT2D eigenvalue weighted by molar-refractivity contribution is -0.122. The van der Waals surface area contributed by atoms with Crippen molar-refractivity contribution in [2.45, 2.75) is 19.4 Å². The third-order valence-electron chi connectivity index (χ3n) is 2.34. The second-order valence-electron chi connectivity index (χ2n) is 3.77. The molecule has 0 bridgehead atoms. The first-order valence-corrected chi connectivity index (χ1v) is 5.63. The van der Waals surface area contributed by atoms with E-state index in [0.29, 0.717) is 16.6 Å². The molecular weight excluding hydrogens is 233 g/mol. The molecular formula is C11H11Cl2NO. The van der Waals surface area contributed by atoms with Crippen LogP contribution in [0.3, 0.4) is 0 Å². The van der Waals surface area contributed by atoms with Crippen molar-refractivity contribution >= 4 is 29.1 Å². The molecule has 1 aliphatic carbocycles. The minimum absolute atomic E-state index is 0.131. The maximum atomic E-state index is 11.4. The van der Waals surface area contributed by atoms with Gasteiger partial charge in [-0.2, -0.15) is 0 Å². The van der Waals surface area contributed by atoms with E-state index in [1.165, 1.54) is 0 Å². The molecule has 2 nitrogen and oxygen atoms in total. The zero-order valence-electron chi connectivity index (χ0n) is 8.09. The highest BCUT2D eigenvalue weighted by Gasteiger charge is 2.29. The van der Waals surface area contributed by atoms with Gasteiger partial charge < -0.3 is 5.32 Å². The van der Waals surface area contributed by atoms with Gasteiger partial charge >= 0.3 is 0 Å². The SMILES string of the molecule is O=C(NCc1cc(Cl)cc(Cl)c1)C1CC1. The van der Waals surface area contributed by atoms with Crippen molar-refractivity contribution in [3.8, 4) is 0 Å². The van der Waals surface area contributed by atoms with Crippen molar-refractivity contribution in [2.75, 3.05) is 0 Å². The van der Waals surface area contributed by atoms with Crippen molar-refractivity contribution in [2.24, 2.45) is 5.92 Å². The number of nitrogens with one attached hydrogen (secondary N) is 1. The molecule has 4 heteroatoms. The lowest BCUT2D eigenvalue weighted by Gasteiger charge is -2.05. The molecule has 0 aliphatic heterocycles. The first-order chi connectivity index (χ1) is 7.15. The van der Waals surface area contributed by atoms with Crippen LogP contribution in [-0.4, -0.2) is 5.91 Å². The van der Waals surface area contributed by atoms with Crippen LogP contribution < -0.4 is 5.32 Å². The Morgan fingerprint density at radius 2 is 1.87 bits per heavy atom. The quantitative estimate of drug-likeness (QED) is 0.869. The maximum absolute atomic E-state index is 11.4. The summed E-state index contributed by atoms with van der Waals surface area (Å²) < 4.78 is 0. The predicted molar refractivity (Wildman–Crippen MR) is 61.0 cm³/mol. The van der Waals surface area contributed by atoms with E-state index in [0.717, 1.165) is 18.4 Å². The molecule has 15 heavy (non-hydrogen) atoms. The molecule has 0 heterocycles. The number of carbonyl (C=O) groups is 1. The van der Waals surface area contributed by atoms with Gasteiger partial charge in [-0.05, 0) is 36.6 Å². The molecule has 0 spiro atoms. The third kappa shape index (κ3) is 3.11. The molecule has 1 aromatic carbocycles. The van der Waals surface area contributed by atoms with E-state index < -0.39 is 0 Å². The summed E-state index contributed by atoms with van der Waals surface area (Å²) in [6.45, 7) is 0.496. The molecule has 1 saturated carbocycles. The van der Waals surface area contributed by atoms with Gasteiger partial charge in [0.05, 0.1) is 0 Å². The van der Waals surface area contributed by atoms with Gasteiger partial charge in [0.1, 0.15) is 0 Å². The Morgan fingerprint density at radius 3 is 2.40 bits per heavy atom. The third-order valence-corrected chi connectivity index (χ3v) is 2.77. The van der Waals surface area contributed by atoms with Gasteiger partial charge in [-0.25, -0.2) is 0 Å². The summed E-state index contributed by atoms with van der Waals surface area (Å²) in [5.74, 6) is 0.366. The molecule has 0 aromatic heterocycles. The molecule has 2 rings (SSSR count). The Balaban J connectivity index is 1.94. The van der Waals surface area contributed by atoms with Gasteiger partial charge in [-0.1, -0.05) is 23.2 Å². The minimum Gasteiger partial charge on any atom is -0.352 e. The average molecular weight is 244 g/mol. The summed E-state index contributed by atoms with van der Waals surface area (Å²) in [6.07, 6.45) is 2.03. The highest BCUT2D eigenvalue weighted by Crippen LogP contribution is 2.29. The highest BCUT2D eigenvalue weighted by atomic mass is 35.5. The minimum atomic E-state index is 0.131. The first kappa shape index (κ1) is 10.8. The van der Waals surface area contributed by atoms with E-state index in [1.807, 2.05) is 0 Å². The van der Waals surface area contributed by atoms with Crippen LogP contribution in [0.4, 0.5) is 0 Å². The van der Waals surface area contributed by atoms with E-state index in [-0.39, 0.29) is 11.8 Å². The van der Waals surface area contributed by atoms with Crippen LogP contribution in [0.2, 0.25) is 10.0 Å². The average Bonchev–Trinajstić information content (AvgIpc) is 2.95. The van der Waals surface area contributed by atoms with Crippen molar-refractivity contribution < 1.29 is 4.79 Å². The lowest BCUT2D eigenvalue weighted by Crippen LogP contribution is -2.24. The standard InChI is InChI=1S/C11H11Cl2NO/c12-9-3-7(4-10(13)5-9)6-14-11(15)8-1-2-8/h3-5,8H,1-2,6H2,(H,14,15). The Kier molecular flexibility index (Phi) is 3.17. The molecule has 1 fully saturated rings. The fourth-order valence-corrected chi connectivity index (χ4v) is 1.96. The summed E-state index contributed by atoms with van der Waals surface area (Å²) in [5.41, 5.74) is 0.932. The van der Waals surface area contributed by atoms with Crippen molar-refractivity contribution in [3.63, 3.8) is 0 Å². The summed E-state index contributed by atoms with van der Waals surface area (Å²) >= 11 is 11.7. The number of amides is 1. The number of benzene rings is 1. The van der Waals surface area contributed by atoms with Crippen LogP contribution >= 0.6 is 23.2 Å². The fraction of sp³-hybridized carbons (Fsp3) is 0.364. The highest BCUT2D eigenvalue weighted by molar-refractivity contribution is 6.34. The van der Waals surface area contributed by atoms with Gasteiger partial charge in [-0.3, -0.25) is 4.79 Å². The van der Waals surface area contributed by atoms with Gasteiger partial charge in [0.2, 0.25) is 5.91 Å². The zero-order valence-corrected chi connectivity index (χ0v) is 9.61. The zero-order chi connectivity index (χ0) is 10.8. The maximum Gasteiger partial charge on any atom is 0.223 e. The van der Waals surface area contributed by atoms with Crippen LogP contribution in [0.25, 0.3) is 0 Å². The monoisotopic (exact) mass is 243 g/mol. The van der Waals surface area contributed by atoms with E-state index in [4.69, 9.17) is 23.2 Å². The normalized spacial score (nSPS) is 15.1. The Hall–Kier alpha value is -0.730. The number of carbonyl (C=O) groups excluding carboxylic acids is 1.